The smallest absolute Gasteiger partial charge is 0.343 e. The summed E-state index contributed by atoms with van der Waals surface area (Å²) in [6.45, 7) is -0.213. The van der Waals surface area contributed by atoms with E-state index in [-0.39, 0.29) is 28.8 Å². The molecule has 9 heteroatoms. The van der Waals surface area contributed by atoms with Crippen molar-refractivity contribution in [1.82, 2.24) is 4.72 Å². The third-order valence-corrected chi connectivity index (χ3v) is 5.11. The van der Waals surface area contributed by atoms with Crippen LogP contribution in [-0.2, 0) is 26.1 Å². The van der Waals surface area contributed by atoms with E-state index in [1.807, 2.05) is 0 Å². The molecule has 6 nitrogen and oxygen atoms in total. The van der Waals surface area contributed by atoms with Gasteiger partial charge in [-0.25, -0.2) is 17.9 Å². The van der Waals surface area contributed by atoms with Crippen LogP contribution in [0.5, 0.6) is 5.75 Å². The molecular formula is C16H15Cl2NO5S. The molecule has 0 amide bonds. The summed E-state index contributed by atoms with van der Waals surface area (Å²) in [5.41, 5.74) is 0.761. The Morgan fingerprint density at radius 3 is 2.40 bits per heavy atom. The number of halogens is 2. The van der Waals surface area contributed by atoms with Gasteiger partial charge in [0.25, 0.3) is 0 Å². The lowest BCUT2D eigenvalue weighted by Crippen LogP contribution is -2.23. The third kappa shape index (κ3) is 5.61. The molecule has 1 N–H and O–H groups in total. The van der Waals surface area contributed by atoms with Crippen molar-refractivity contribution in [2.24, 2.45) is 0 Å². The van der Waals surface area contributed by atoms with Crippen LogP contribution in [0.2, 0.25) is 10.0 Å². The van der Waals surface area contributed by atoms with E-state index in [4.69, 9.17) is 27.9 Å². The molecule has 134 valence electrons. The predicted molar refractivity (Wildman–Crippen MR) is 94.4 cm³/mol. The molecule has 0 saturated heterocycles. The first kappa shape index (κ1) is 19.5. The number of rotatable bonds is 7. The number of methoxy groups -OCH3 is 1. The Hall–Kier alpha value is -1.80. The van der Waals surface area contributed by atoms with Crippen LogP contribution >= 0.6 is 23.2 Å². The normalized spacial score (nSPS) is 11.2. The average Bonchev–Trinajstić information content (AvgIpc) is 2.59. The minimum absolute atomic E-state index is 0.0168. The van der Waals surface area contributed by atoms with Gasteiger partial charge in [0.15, 0.2) is 6.61 Å². The summed E-state index contributed by atoms with van der Waals surface area (Å²) in [7, 11) is -2.53. The number of ether oxygens (including phenoxy) is 2. The van der Waals surface area contributed by atoms with E-state index in [1.54, 1.807) is 24.3 Å². The maximum absolute atomic E-state index is 12.3. The summed E-state index contributed by atoms with van der Waals surface area (Å²) >= 11 is 11.8. The second-order valence-corrected chi connectivity index (χ2v) is 7.52. The number of benzene rings is 2. The summed E-state index contributed by atoms with van der Waals surface area (Å²) in [4.78, 5) is 11.0. The number of hydrogen-bond acceptors (Lipinski definition) is 5. The Morgan fingerprint density at radius 2 is 1.80 bits per heavy atom. The fourth-order valence-electron chi connectivity index (χ4n) is 1.83. The first-order valence-electron chi connectivity index (χ1n) is 7.05. The van der Waals surface area contributed by atoms with E-state index in [1.165, 1.54) is 25.3 Å². The zero-order valence-corrected chi connectivity index (χ0v) is 15.5. The van der Waals surface area contributed by atoms with Crippen molar-refractivity contribution in [3.05, 3.63) is 58.1 Å². The van der Waals surface area contributed by atoms with Crippen molar-refractivity contribution < 1.29 is 22.7 Å². The number of carbonyl (C=O) groups excluding carboxylic acids is 1. The second kappa shape index (κ2) is 8.53. The van der Waals surface area contributed by atoms with Crippen LogP contribution in [-0.4, -0.2) is 28.1 Å². The number of sulfonamides is 1. The summed E-state index contributed by atoms with van der Waals surface area (Å²) in [5, 5.41) is 0.638. The van der Waals surface area contributed by atoms with Crippen LogP contribution in [0.1, 0.15) is 5.56 Å². The van der Waals surface area contributed by atoms with E-state index >= 15 is 0 Å². The number of carbonyl (C=O) groups is 1. The van der Waals surface area contributed by atoms with Crippen molar-refractivity contribution in [3.63, 3.8) is 0 Å². The number of nitrogens with one attached hydrogen (secondary N) is 1. The Kier molecular flexibility index (Phi) is 6.66. The van der Waals surface area contributed by atoms with Crippen LogP contribution in [0, 0.1) is 0 Å². The summed E-state index contributed by atoms with van der Waals surface area (Å²) < 4.78 is 36.8. The Bertz CT molecular complexity index is 853. The molecular weight excluding hydrogens is 389 g/mol. The Morgan fingerprint density at radius 1 is 1.12 bits per heavy atom. The van der Waals surface area contributed by atoms with Gasteiger partial charge in [-0.2, -0.15) is 0 Å². The molecule has 2 rings (SSSR count). The van der Waals surface area contributed by atoms with E-state index in [2.05, 4.69) is 9.46 Å². The van der Waals surface area contributed by atoms with Gasteiger partial charge in [-0.1, -0.05) is 35.3 Å². The third-order valence-electron chi connectivity index (χ3n) is 3.17. The first-order chi connectivity index (χ1) is 11.8. The van der Waals surface area contributed by atoms with Gasteiger partial charge in [0.05, 0.1) is 17.0 Å². The zero-order valence-electron chi connectivity index (χ0n) is 13.2. The van der Waals surface area contributed by atoms with E-state index in [0.717, 1.165) is 5.56 Å². The predicted octanol–water partition coefficient (Wildman–Crippen LogP) is 3.02. The van der Waals surface area contributed by atoms with Crippen molar-refractivity contribution in [2.45, 2.75) is 11.4 Å². The van der Waals surface area contributed by atoms with Gasteiger partial charge >= 0.3 is 5.97 Å². The molecule has 0 spiro atoms. The molecule has 0 unspecified atom stereocenters. The quantitative estimate of drug-likeness (QED) is 0.718. The summed E-state index contributed by atoms with van der Waals surface area (Å²) in [5.74, 6) is -0.388. The summed E-state index contributed by atoms with van der Waals surface area (Å²) in [6.07, 6.45) is 0. The molecule has 0 aliphatic carbocycles. The molecule has 0 saturated carbocycles. The van der Waals surface area contributed by atoms with Crippen molar-refractivity contribution in [1.29, 1.82) is 0 Å². The molecule has 0 atom stereocenters. The molecule has 0 heterocycles. The van der Waals surface area contributed by atoms with E-state index in [0.29, 0.717) is 5.02 Å². The minimum Gasteiger partial charge on any atom is -0.480 e. The SMILES string of the molecule is COC(=O)COc1ccc(S(=O)(=O)NCc2ccc(Cl)cc2)cc1Cl. The summed E-state index contributed by atoms with van der Waals surface area (Å²) in [6, 6.07) is 10.8. The lowest BCUT2D eigenvalue weighted by Gasteiger charge is -2.10. The molecule has 2 aromatic carbocycles. The molecule has 25 heavy (non-hydrogen) atoms. The molecule has 0 aliphatic rings. The fourth-order valence-corrected chi connectivity index (χ4v) is 3.29. The number of esters is 1. The maximum atomic E-state index is 12.3. The fraction of sp³-hybridized carbons (Fsp3) is 0.188. The van der Waals surface area contributed by atoms with Gasteiger partial charge in [0.1, 0.15) is 5.75 Å². The maximum Gasteiger partial charge on any atom is 0.343 e. The van der Waals surface area contributed by atoms with Crippen LogP contribution < -0.4 is 9.46 Å². The van der Waals surface area contributed by atoms with Crippen LogP contribution in [0.15, 0.2) is 47.4 Å². The standard InChI is InChI=1S/C16H15Cl2NO5S/c1-23-16(20)10-24-15-7-6-13(8-14(15)18)25(21,22)19-9-11-2-4-12(17)5-3-11/h2-8,19H,9-10H2,1H3. The van der Waals surface area contributed by atoms with Crippen LogP contribution in [0.4, 0.5) is 0 Å². The molecule has 2 aromatic rings. The molecule has 0 radical (unpaired) electrons. The lowest BCUT2D eigenvalue weighted by atomic mass is 10.2. The van der Waals surface area contributed by atoms with Gasteiger partial charge in [-0.05, 0) is 35.9 Å². The molecule has 0 aliphatic heterocycles. The van der Waals surface area contributed by atoms with Gasteiger partial charge in [0.2, 0.25) is 10.0 Å². The monoisotopic (exact) mass is 403 g/mol. The second-order valence-electron chi connectivity index (χ2n) is 4.91. The van der Waals surface area contributed by atoms with Gasteiger partial charge in [0, 0.05) is 11.6 Å². The van der Waals surface area contributed by atoms with Crippen molar-refractivity contribution >= 4 is 39.2 Å². The zero-order chi connectivity index (χ0) is 18.4. The van der Waals surface area contributed by atoms with E-state index in [9.17, 15) is 13.2 Å². The van der Waals surface area contributed by atoms with Gasteiger partial charge in [-0.3, -0.25) is 0 Å². The topological polar surface area (TPSA) is 81.7 Å². The molecule has 0 fully saturated rings. The minimum atomic E-state index is -3.76. The molecule has 0 bridgehead atoms. The van der Waals surface area contributed by atoms with Crippen LogP contribution in [0.25, 0.3) is 0 Å². The lowest BCUT2D eigenvalue weighted by molar-refractivity contribution is -0.142. The van der Waals surface area contributed by atoms with Crippen molar-refractivity contribution in [3.8, 4) is 5.75 Å². The van der Waals surface area contributed by atoms with Gasteiger partial charge in [-0.15, -0.1) is 0 Å². The highest BCUT2D eigenvalue weighted by Crippen LogP contribution is 2.27. The van der Waals surface area contributed by atoms with Gasteiger partial charge < -0.3 is 9.47 Å². The highest BCUT2D eigenvalue weighted by molar-refractivity contribution is 7.89. The Labute approximate surface area is 155 Å². The first-order valence-corrected chi connectivity index (χ1v) is 9.29. The van der Waals surface area contributed by atoms with E-state index < -0.39 is 16.0 Å². The largest absolute Gasteiger partial charge is 0.480 e. The Balaban J connectivity index is 2.07. The van der Waals surface area contributed by atoms with Crippen molar-refractivity contribution in [2.75, 3.05) is 13.7 Å². The average molecular weight is 404 g/mol. The highest BCUT2D eigenvalue weighted by Gasteiger charge is 2.16. The van der Waals surface area contributed by atoms with Crippen LogP contribution in [0.3, 0.4) is 0 Å². The molecule has 0 aromatic heterocycles. The highest BCUT2D eigenvalue weighted by atomic mass is 35.5. The number of hydrogen-bond donors (Lipinski definition) is 1.